The number of aliphatic hydroxyl groups excluding tert-OH is 1. The number of hydrogen-bond acceptors (Lipinski definition) is 3. The third-order valence-corrected chi connectivity index (χ3v) is 5.30. The van der Waals surface area contributed by atoms with Gasteiger partial charge in [-0.15, -0.1) is 0 Å². The monoisotopic (exact) mass is 286 g/mol. The topological polar surface area (TPSA) is 71.3 Å². The molecule has 2 rings (SSSR count). The first-order valence-corrected chi connectivity index (χ1v) is 8.16. The number of hydrogen-bond donors (Lipinski definition) is 2. The van der Waals surface area contributed by atoms with E-state index >= 15 is 0 Å². The van der Waals surface area contributed by atoms with E-state index in [2.05, 4.69) is 11.6 Å². The quantitative estimate of drug-likeness (QED) is 0.795. The first kappa shape index (κ1) is 14.6. The first-order valence-electron chi connectivity index (χ1n) is 6.68. The van der Waals surface area contributed by atoms with E-state index in [0.29, 0.717) is 12.2 Å². The van der Waals surface area contributed by atoms with Crippen molar-refractivity contribution in [2.75, 3.05) is 6.54 Å². The molecule has 0 unspecified atom stereocenters. The molecule has 1 heterocycles. The van der Waals surface area contributed by atoms with Crippen LogP contribution in [0.2, 0.25) is 0 Å². The Hall–Kier alpha value is -0.850. The number of rotatable bonds is 7. The molecule has 1 aromatic rings. The maximum atomic E-state index is 12.2. The second-order valence-corrected chi connectivity index (χ2v) is 7.28. The van der Waals surface area contributed by atoms with E-state index in [4.69, 9.17) is 5.11 Å². The van der Waals surface area contributed by atoms with Crippen LogP contribution in [-0.4, -0.2) is 24.6 Å². The average Bonchev–Trinajstić information content (AvgIpc) is 3.02. The summed E-state index contributed by atoms with van der Waals surface area (Å²) in [5.41, 5.74) is 0.784. The van der Waals surface area contributed by atoms with Crippen LogP contribution in [0.1, 0.15) is 38.3 Å². The minimum absolute atomic E-state index is 0.161. The molecule has 108 valence electrons. The fraction of sp³-hybridized carbons (Fsp3) is 0.692. The lowest BCUT2D eigenvalue weighted by molar-refractivity contribution is 0.272. The third kappa shape index (κ3) is 3.19. The number of aromatic nitrogens is 1. The highest BCUT2D eigenvalue weighted by molar-refractivity contribution is 7.89. The summed E-state index contributed by atoms with van der Waals surface area (Å²) in [6, 6.07) is 1.52. The zero-order chi connectivity index (χ0) is 14.1. The molecule has 1 fully saturated rings. The smallest absolute Gasteiger partial charge is 0.242 e. The Morgan fingerprint density at radius 3 is 2.63 bits per heavy atom. The van der Waals surface area contributed by atoms with Crippen LogP contribution in [0.25, 0.3) is 0 Å². The van der Waals surface area contributed by atoms with Crippen LogP contribution in [0.15, 0.2) is 17.2 Å². The van der Waals surface area contributed by atoms with Gasteiger partial charge in [0.2, 0.25) is 10.0 Å². The van der Waals surface area contributed by atoms with Gasteiger partial charge < -0.3 is 9.67 Å². The van der Waals surface area contributed by atoms with E-state index in [1.165, 1.54) is 12.3 Å². The molecular weight excluding hydrogens is 264 g/mol. The van der Waals surface area contributed by atoms with Crippen molar-refractivity contribution in [1.29, 1.82) is 0 Å². The molecule has 1 aliphatic rings. The van der Waals surface area contributed by atoms with Gasteiger partial charge in [0.05, 0.1) is 11.5 Å². The molecule has 19 heavy (non-hydrogen) atoms. The van der Waals surface area contributed by atoms with Crippen LogP contribution < -0.4 is 4.72 Å². The molecule has 0 amide bonds. The molecule has 0 aliphatic heterocycles. The van der Waals surface area contributed by atoms with Gasteiger partial charge in [-0.3, -0.25) is 0 Å². The molecule has 5 nitrogen and oxygen atoms in total. The van der Waals surface area contributed by atoms with E-state index in [1.54, 1.807) is 11.6 Å². The molecule has 0 saturated heterocycles. The Labute approximate surface area is 114 Å². The van der Waals surface area contributed by atoms with Gasteiger partial charge in [-0.1, -0.05) is 13.3 Å². The van der Waals surface area contributed by atoms with Crippen LogP contribution in [0.4, 0.5) is 0 Å². The van der Waals surface area contributed by atoms with E-state index in [9.17, 15) is 8.42 Å². The molecule has 0 bridgehead atoms. The standard InChI is InChI=1S/C13H22N2O3S/c1-3-4-13(5-6-13)10-14-19(17,18)12-7-11(9-16)15(2)8-12/h7-8,14,16H,3-6,9-10H2,1-2H3. The van der Waals surface area contributed by atoms with Crippen LogP contribution >= 0.6 is 0 Å². The average molecular weight is 286 g/mol. The second kappa shape index (κ2) is 5.26. The van der Waals surface area contributed by atoms with Gasteiger partial charge in [0.25, 0.3) is 0 Å². The predicted octanol–water partition coefficient (Wildman–Crippen LogP) is 1.38. The molecule has 1 aliphatic carbocycles. The third-order valence-electron chi connectivity index (χ3n) is 3.93. The summed E-state index contributed by atoms with van der Waals surface area (Å²) in [6.07, 6.45) is 5.92. The summed E-state index contributed by atoms with van der Waals surface area (Å²) < 4.78 is 28.7. The molecule has 0 aromatic carbocycles. The van der Waals surface area contributed by atoms with Crippen molar-refractivity contribution in [3.8, 4) is 0 Å². The summed E-state index contributed by atoms with van der Waals surface area (Å²) in [6.45, 7) is 2.48. The summed E-state index contributed by atoms with van der Waals surface area (Å²) in [4.78, 5) is 0.228. The Bertz CT molecular complexity index is 544. The Morgan fingerprint density at radius 1 is 1.47 bits per heavy atom. The minimum Gasteiger partial charge on any atom is -0.390 e. The fourth-order valence-electron chi connectivity index (χ4n) is 2.43. The van der Waals surface area contributed by atoms with Gasteiger partial charge in [-0.05, 0) is 30.7 Å². The maximum absolute atomic E-state index is 12.2. The van der Waals surface area contributed by atoms with Gasteiger partial charge >= 0.3 is 0 Å². The van der Waals surface area contributed by atoms with Gasteiger partial charge in [0, 0.05) is 25.5 Å². The van der Waals surface area contributed by atoms with Crippen LogP contribution in [-0.2, 0) is 23.7 Å². The number of aryl methyl sites for hydroxylation is 1. The Morgan fingerprint density at radius 2 is 2.16 bits per heavy atom. The van der Waals surface area contributed by atoms with Gasteiger partial charge in [-0.2, -0.15) is 0 Å². The summed E-state index contributed by atoms with van der Waals surface area (Å²) in [5.74, 6) is 0. The first-order chi connectivity index (χ1) is 8.92. The van der Waals surface area contributed by atoms with Crippen LogP contribution in [0.3, 0.4) is 0 Å². The van der Waals surface area contributed by atoms with Gasteiger partial charge in [0.1, 0.15) is 0 Å². The summed E-state index contributed by atoms with van der Waals surface area (Å²) in [5, 5.41) is 9.10. The highest BCUT2D eigenvalue weighted by Crippen LogP contribution is 2.49. The zero-order valence-corrected chi connectivity index (χ0v) is 12.3. The Balaban J connectivity index is 2.06. The number of aliphatic hydroxyl groups is 1. The lowest BCUT2D eigenvalue weighted by Crippen LogP contribution is -2.30. The lowest BCUT2D eigenvalue weighted by Gasteiger charge is -2.14. The summed E-state index contributed by atoms with van der Waals surface area (Å²) >= 11 is 0. The number of nitrogens with zero attached hydrogens (tertiary/aromatic N) is 1. The highest BCUT2D eigenvalue weighted by Gasteiger charge is 2.42. The zero-order valence-electron chi connectivity index (χ0n) is 11.5. The molecule has 1 aromatic heterocycles. The summed E-state index contributed by atoms with van der Waals surface area (Å²) in [7, 11) is -1.74. The van der Waals surface area contributed by atoms with Crippen molar-refractivity contribution in [3.63, 3.8) is 0 Å². The van der Waals surface area contributed by atoms with Crippen molar-refractivity contribution in [2.45, 2.75) is 44.1 Å². The maximum Gasteiger partial charge on any atom is 0.242 e. The SMILES string of the molecule is CCCC1(CNS(=O)(=O)c2cc(CO)n(C)c2)CC1. The molecule has 6 heteroatoms. The van der Waals surface area contributed by atoms with Gasteiger partial charge in [0.15, 0.2) is 0 Å². The van der Waals surface area contributed by atoms with Crippen molar-refractivity contribution in [3.05, 3.63) is 18.0 Å². The van der Waals surface area contributed by atoms with E-state index in [0.717, 1.165) is 25.7 Å². The normalized spacial score (nSPS) is 17.6. The molecule has 0 radical (unpaired) electrons. The van der Waals surface area contributed by atoms with Crippen molar-refractivity contribution in [2.24, 2.45) is 12.5 Å². The molecule has 1 saturated carbocycles. The second-order valence-electron chi connectivity index (χ2n) is 5.51. The predicted molar refractivity (Wildman–Crippen MR) is 73.1 cm³/mol. The minimum atomic E-state index is -3.47. The number of nitrogens with one attached hydrogen (secondary N) is 1. The van der Waals surface area contributed by atoms with E-state index in [1.807, 2.05) is 0 Å². The van der Waals surface area contributed by atoms with E-state index < -0.39 is 10.0 Å². The fourth-order valence-corrected chi connectivity index (χ4v) is 3.69. The molecule has 0 spiro atoms. The molecule has 0 atom stereocenters. The van der Waals surface area contributed by atoms with Crippen LogP contribution in [0, 0.1) is 5.41 Å². The van der Waals surface area contributed by atoms with E-state index in [-0.39, 0.29) is 16.9 Å². The van der Waals surface area contributed by atoms with Crippen molar-refractivity contribution in [1.82, 2.24) is 9.29 Å². The van der Waals surface area contributed by atoms with Crippen molar-refractivity contribution < 1.29 is 13.5 Å². The number of sulfonamides is 1. The van der Waals surface area contributed by atoms with Gasteiger partial charge in [-0.25, -0.2) is 13.1 Å². The van der Waals surface area contributed by atoms with Crippen molar-refractivity contribution >= 4 is 10.0 Å². The largest absolute Gasteiger partial charge is 0.390 e. The molecule has 2 N–H and O–H groups in total. The lowest BCUT2D eigenvalue weighted by atomic mass is 10.0. The van der Waals surface area contributed by atoms with Crippen LogP contribution in [0.5, 0.6) is 0 Å². The highest BCUT2D eigenvalue weighted by atomic mass is 32.2. The Kier molecular flexibility index (Phi) is 4.03. The molecular formula is C13H22N2O3S.